The Morgan fingerprint density at radius 2 is 1.60 bits per heavy atom. The summed E-state index contributed by atoms with van der Waals surface area (Å²) in [5.74, 6) is 0.597. The van der Waals surface area contributed by atoms with Gasteiger partial charge in [-0.2, -0.15) is 0 Å². The lowest BCUT2D eigenvalue weighted by Gasteiger charge is -2.20. The van der Waals surface area contributed by atoms with Crippen LogP contribution in [0, 0.1) is 0 Å². The maximum atomic E-state index is 13.9. The minimum atomic E-state index is -3.91. The zero-order chi connectivity index (χ0) is 35.6. The van der Waals surface area contributed by atoms with Crippen LogP contribution in [-0.2, 0) is 27.7 Å². The molecule has 0 aliphatic carbocycles. The molecule has 0 atom stereocenters. The van der Waals surface area contributed by atoms with Gasteiger partial charge in [0.2, 0.25) is 0 Å². The number of benzene rings is 5. The Bertz CT molecular complexity index is 2280. The molecule has 0 amide bonds. The summed E-state index contributed by atoms with van der Waals surface area (Å²) in [6, 6.07) is 32.3. The van der Waals surface area contributed by atoms with Crippen LogP contribution < -0.4 is 9.62 Å². The summed E-state index contributed by atoms with van der Waals surface area (Å²) in [5, 5.41) is 1.53. The third kappa shape index (κ3) is 7.38. The molecule has 0 saturated carbocycles. The smallest absolute Gasteiger partial charge is 0.339 e. The summed E-state index contributed by atoms with van der Waals surface area (Å²) < 4.78 is 38.4. The number of sulfonamides is 1. The van der Waals surface area contributed by atoms with Crippen molar-refractivity contribution in [2.24, 2.45) is 0 Å². The summed E-state index contributed by atoms with van der Waals surface area (Å²) in [7, 11) is -0.0206. The van der Waals surface area contributed by atoms with Crippen LogP contribution in [0.4, 0.5) is 11.4 Å². The minimum Gasteiger partial charge on any atom is -0.456 e. The zero-order valence-electron chi connectivity index (χ0n) is 29.5. The van der Waals surface area contributed by atoms with E-state index in [0.29, 0.717) is 23.2 Å². The molecule has 258 valence electrons. The number of anilines is 2. The van der Waals surface area contributed by atoms with E-state index < -0.39 is 15.6 Å². The molecule has 5 aromatic carbocycles. The van der Waals surface area contributed by atoms with E-state index in [2.05, 4.69) is 28.3 Å². The van der Waals surface area contributed by atoms with Gasteiger partial charge in [0.25, 0.3) is 10.0 Å². The number of aromatic nitrogens is 2. The van der Waals surface area contributed by atoms with E-state index in [9.17, 15) is 13.2 Å². The average Bonchev–Trinajstić information content (AvgIpc) is 3.42. The second kappa shape index (κ2) is 14.0. The van der Waals surface area contributed by atoms with Gasteiger partial charge in [0, 0.05) is 43.5 Å². The number of aryl methyl sites for hydroxylation is 1. The molecule has 6 rings (SSSR count). The molecule has 9 heteroatoms. The molecule has 0 spiro atoms. The van der Waals surface area contributed by atoms with Gasteiger partial charge in [-0.3, -0.25) is 4.72 Å². The molecule has 0 aliphatic rings. The van der Waals surface area contributed by atoms with Crippen LogP contribution in [0.15, 0.2) is 108 Å². The van der Waals surface area contributed by atoms with E-state index in [0.717, 1.165) is 63.9 Å². The van der Waals surface area contributed by atoms with Gasteiger partial charge in [-0.25, -0.2) is 18.2 Å². The van der Waals surface area contributed by atoms with E-state index in [1.54, 1.807) is 24.3 Å². The van der Waals surface area contributed by atoms with E-state index in [1.165, 1.54) is 0 Å². The quantitative estimate of drug-likeness (QED) is 0.137. The van der Waals surface area contributed by atoms with Crippen molar-refractivity contribution in [3.05, 3.63) is 120 Å². The number of carbonyl (C=O) groups excluding carboxylic acids is 1. The van der Waals surface area contributed by atoms with Crippen LogP contribution in [0.5, 0.6) is 0 Å². The van der Waals surface area contributed by atoms with Gasteiger partial charge in [-0.05, 0) is 80.3 Å². The SMILES string of the molecule is CCCCc1nc2ccc(NS(=O)(=O)c3cccc4c(N(C)C)cccc34)cc2n1Cc1ccc(-c2ccccc2C(=O)OC(C)(C)C)cc1. The molecule has 0 saturated heterocycles. The number of imidazole rings is 1. The van der Waals surface area contributed by atoms with Crippen molar-refractivity contribution in [1.82, 2.24) is 9.55 Å². The fourth-order valence-corrected chi connectivity index (χ4v) is 7.53. The van der Waals surface area contributed by atoms with Crippen molar-refractivity contribution in [2.75, 3.05) is 23.7 Å². The van der Waals surface area contributed by atoms with Crippen LogP contribution in [0.3, 0.4) is 0 Å². The molecule has 6 aromatic rings. The topological polar surface area (TPSA) is 93.5 Å². The number of fused-ring (bicyclic) bond motifs is 2. The van der Waals surface area contributed by atoms with E-state index in [-0.39, 0.29) is 10.9 Å². The van der Waals surface area contributed by atoms with Gasteiger partial charge in [-0.15, -0.1) is 0 Å². The fraction of sp³-hybridized carbons (Fsp3) is 0.268. The number of unbranched alkanes of at least 4 members (excludes halogenated alkanes) is 1. The summed E-state index contributed by atoms with van der Waals surface area (Å²) in [4.78, 5) is 20.2. The fourth-order valence-electron chi connectivity index (χ4n) is 6.26. The number of carbonyl (C=O) groups is 1. The van der Waals surface area contributed by atoms with Crippen LogP contribution in [0.25, 0.3) is 32.9 Å². The summed E-state index contributed by atoms with van der Waals surface area (Å²) in [6.45, 7) is 8.29. The lowest BCUT2D eigenvalue weighted by Crippen LogP contribution is -2.24. The Hall–Kier alpha value is -5.15. The summed E-state index contributed by atoms with van der Waals surface area (Å²) in [5.41, 5.74) is 5.79. The highest BCUT2D eigenvalue weighted by Crippen LogP contribution is 2.32. The minimum absolute atomic E-state index is 0.226. The molecular formula is C41H44N4O4S. The van der Waals surface area contributed by atoms with E-state index >= 15 is 0 Å². The Labute approximate surface area is 294 Å². The standard InChI is InChI=1S/C41H44N4O4S/c1-7-8-19-39-42-35-25-24-30(43-50(47,48)38-18-12-15-32-33(38)16-11-17-36(32)44(5)6)26-37(35)45(39)27-28-20-22-29(23-21-28)31-13-9-10-14-34(31)40(46)49-41(2,3)4/h9-18,20-26,43H,7-8,19,27H2,1-6H3. The summed E-state index contributed by atoms with van der Waals surface area (Å²) >= 11 is 0. The van der Waals surface area contributed by atoms with Crippen molar-refractivity contribution < 1.29 is 17.9 Å². The number of ether oxygens (including phenoxy) is 1. The van der Waals surface area contributed by atoms with Gasteiger partial charge >= 0.3 is 5.97 Å². The highest BCUT2D eigenvalue weighted by Gasteiger charge is 2.22. The Morgan fingerprint density at radius 1 is 0.880 bits per heavy atom. The highest BCUT2D eigenvalue weighted by molar-refractivity contribution is 7.93. The number of hydrogen-bond acceptors (Lipinski definition) is 6. The molecule has 0 unspecified atom stereocenters. The molecule has 0 bridgehead atoms. The van der Waals surface area contributed by atoms with E-state index in [4.69, 9.17) is 9.72 Å². The second-order valence-electron chi connectivity index (χ2n) is 13.8. The van der Waals surface area contributed by atoms with Crippen LogP contribution in [0.2, 0.25) is 0 Å². The molecule has 0 radical (unpaired) electrons. The number of esters is 1. The average molecular weight is 689 g/mol. The first-order chi connectivity index (χ1) is 23.8. The van der Waals surface area contributed by atoms with Crippen molar-refractivity contribution in [3.8, 4) is 11.1 Å². The van der Waals surface area contributed by atoms with Gasteiger partial charge < -0.3 is 14.2 Å². The normalized spacial score (nSPS) is 12.0. The number of nitrogens with zero attached hydrogens (tertiary/aromatic N) is 3. The largest absolute Gasteiger partial charge is 0.456 e. The predicted octanol–water partition coefficient (Wildman–Crippen LogP) is 9.07. The van der Waals surface area contributed by atoms with Crippen molar-refractivity contribution in [1.29, 1.82) is 0 Å². The molecule has 0 fully saturated rings. The first-order valence-electron chi connectivity index (χ1n) is 17.0. The number of nitrogens with one attached hydrogen (secondary N) is 1. The molecule has 1 heterocycles. The Kier molecular flexibility index (Phi) is 9.71. The zero-order valence-corrected chi connectivity index (χ0v) is 30.3. The lowest BCUT2D eigenvalue weighted by molar-refractivity contribution is 0.00704. The molecule has 8 nitrogen and oxygen atoms in total. The van der Waals surface area contributed by atoms with Crippen molar-refractivity contribution >= 4 is 49.2 Å². The van der Waals surface area contributed by atoms with Crippen LogP contribution in [-0.4, -0.2) is 43.6 Å². The highest BCUT2D eigenvalue weighted by atomic mass is 32.2. The van der Waals surface area contributed by atoms with Crippen LogP contribution in [0.1, 0.15) is 62.3 Å². The predicted molar refractivity (Wildman–Crippen MR) is 204 cm³/mol. The van der Waals surface area contributed by atoms with Gasteiger partial charge in [0.05, 0.1) is 27.2 Å². The van der Waals surface area contributed by atoms with Gasteiger partial charge in [0.1, 0.15) is 11.4 Å². The Morgan fingerprint density at radius 3 is 2.32 bits per heavy atom. The lowest BCUT2D eigenvalue weighted by atomic mass is 9.98. The van der Waals surface area contributed by atoms with Gasteiger partial charge in [0.15, 0.2) is 0 Å². The van der Waals surface area contributed by atoms with E-state index in [1.807, 2.05) is 106 Å². The second-order valence-corrected chi connectivity index (χ2v) is 15.4. The van der Waals surface area contributed by atoms with Crippen molar-refractivity contribution in [2.45, 2.75) is 64.0 Å². The number of rotatable bonds is 11. The molecular weight excluding hydrogens is 645 g/mol. The Balaban J connectivity index is 1.32. The molecule has 1 N–H and O–H groups in total. The first-order valence-corrected chi connectivity index (χ1v) is 18.5. The van der Waals surface area contributed by atoms with Crippen molar-refractivity contribution in [3.63, 3.8) is 0 Å². The third-order valence-corrected chi connectivity index (χ3v) is 10.1. The molecule has 1 aromatic heterocycles. The third-order valence-electron chi connectivity index (χ3n) is 8.62. The summed E-state index contributed by atoms with van der Waals surface area (Å²) in [6.07, 6.45) is 2.82. The maximum Gasteiger partial charge on any atom is 0.339 e. The maximum absolute atomic E-state index is 13.9. The number of hydrogen-bond donors (Lipinski definition) is 1. The molecule has 50 heavy (non-hydrogen) atoms. The monoisotopic (exact) mass is 688 g/mol. The van der Waals surface area contributed by atoms with Crippen LogP contribution >= 0.6 is 0 Å². The van der Waals surface area contributed by atoms with Gasteiger partial charge in [-0.1, -0.05) is 80.1 Å². The first kappa shape index (κ1) is 34.7. The molecule has 0 aliphatic heterocycles.